The predicted octanol–water partition coefficient (Wildman–Crippen LogP) is 3.24. The number of hydrogen-bond donors (Lipinski definition) is 1. The number of benzene rings is 1. The number of hydrogen-bond acceptors (Lipinski definition) is 4. The summed E-state index contributed by atoms with van der Waals surface area (Å²) < 4.78 is 0. The standard InChI is InChI=1S/C23H39ClN6.HI/c1-5-27-8-10-28(11-9-27)18-19(2)17-26-23(25-4)30-14-12-29(13-15-30)22-16-21(24)7-6-20(22)3;/h6-7,16,19H,5,8-15,17-18H2,1-4H3,(H,25,26);1H. The van der Waals surface area contributed by atoms with E-state index < -0.39 is 0 Å². The Bertz CT molecular complexity index is 699. The van der Waals surface area contributed by atoms with Gasteiger partial charge in [-0.05, 0) is 37.1 Å². The van der Waals surface area contributed by atoms with Gasteiger partial charge in [0.25, 0.3) is 0 Å². The van der Waals surface area contributed by atoms with Crippen LogP contribution in [0.4, 0.5) is 5.69 Å². The zero-order valence-electron chi connectivity index (χ0n) is 19.6. The normalized spacial score (nSPS) is 19.8. The molecule has 0 bridgehead atoms. The Hall–Kier alpha value is -0.770. The minimum atomic E-state index is 0. The van der Waals surface area contributed by atoms with Gasteiger partial charge in [0.1, 0.15) is 0 Å². The Kier molecular flexibility index (Phi) is 11.2. The first kappa shape index (κ1) is 26.5. The van der Waals surface area contributed by atoms with E-state index in [1.165, 1.54) is 44.0 Å². The van der Waals surface area contributed by atoms with Crippen LogP contribution in [0.1, 0.15) is 19.4 Å². The summed E-state index contributed by atoms with van der Waals surface area (Å²) in [5, 5.41) is 4.43. The van der Waals surface area contributed by atoms with Crippen LogP contribution in [-0.4, -0.2) is 99.7 Å². The molecule has 0 aromatic heterocycles. The van der Waals surface area contributed by atoms with Crippen molar-refractivity contribution in [2.75, 3.05) is 83.9 Å². The zero-order chi connectivity index (χ0) is 21.5. The molecule has 2 heterocycles. The molecule has 0 amide bonds. The van der Waals surface area contributed by atoms with E-state index in [4.69, 9.17) is 11.6 Å². The molecule has 0 aliphatic carbocycles. The minimum Gasteiger partial charge on any atom is -0.368 e. The van der Waals surface area contributed by atoms with Gasteiger partial charge in [0, 0.05) is 83.2 Å². The second kappa shape index (κ2) is 13.1. The molecular weight excluding hydrogens is 523 g/mol. The molecule has 2 aliphatic rings. The lowest BCUT2D eigenvalue weighted by Gasteiger charge is -2.39. The summed E-state index contributed by atoms with van der Waals surface area (Å²) in [6.45, 7) is 18.7. The molecule has 2 fully saturated rings. The molecule has 31 heavy (non-hydrogen) atoms. The lowest BCUT2D eigenvalue weighted by Crippen LogP contribution is -2.53. The van der Waals surface area contributed by atoms with Crippen molar-refractivity contribution >= 4 is 47.2 Å². The maximum atomic E-state index is 6.22. The zero-order valence-corrected chi connectivity index (χ0v) is 22.7. The molecule has 6 nitrogen and oxygen atoms in total. The third-order valence-electron chi connectivity index (χ3n) is 6.39. The van der Waals surface area contributed by atoms with Gasteiger partial charge in [-0.3, -0.25) is 4.99 Å². The summed E-state index contributed by atoms with van der Waals surface area (Å²) in [6.07, 6.45) is 0. The molecule has 0 saturated carbocycles. The van der Waals surface area contributed by atoms with E-state index in [0.29, 0.717) is 5.92 Å². The van der Waals surface area contributed by atoms with Crippen LogP contribution >= 0.6 is 35.6 Å². The number of aryl methyl sites for hydroxylation is 1. The van der Waals surface area contributed by atoms with Crippen LogP contribution in [0.25, 0.3) is 0 Å². The summed E-state index contributed by atoms with van der Waals surface area (Å²) in [6, 6.07) is 6.16. The molecule has 1 N–H and O–H groups in total. The Labute approximate surface area is 211 Å². The Morgan fingerprint density at radius 3 is 2.32 bits per heavy atom. The average Bonchev–Trinajstić information content (AvgIpc) is 2.77. The molecule has 176 valence electrons. The van der Waals surface area contributed by atoms with E-state index in [0.717, 1.165) is 50.3 Å². The van der Waals surface area contributed by atoms with Crippen LogP contribution in [0.2, 0.25) is 5.02 Å². The highest BCUT2D eigenvalue weighted by Gasteiger charge is 2.22. The maximum Gasteiger partial charge on any atom is 0.193 e. The number of rotatable bonds is 6. The van der Waals surface area contributed by atoms with Crippen molar-refractivity contribution in [1.82, 2.24) is 20.0 Å². The summed E-state index contributed by atoms with van der Waals surface area (Å²) in [4.78, 5) is 14.5. The number of likely N-dealkylation sites (N-methyl/N-ethyl adjacent to an activating group) is 1. The number of nitrogens with one attached hydrogen (secondary N) is 1. The summed E-state index contributed by atoms with van der Waals surface area (Å²) >= 11 is 6.22. The van der Waals surface area contributed by atoms with E-state index in [-0.39, 0.29) is 24.0 Å². The van der Waals surface area contributed by atoms with Gasteiger partial charge in [0.15, 0.2) is 5.96 Å². The van der Waals surface area contributed by atoms with Gasteiger partial charge in [-0.2, -0.15) is 0 Å². The molecular formula is C23H40ClIN6. The van der Waals surface area contributed by atoms with Gasteiger partial charge in [-0.25, -0.2) is 0 Å². The van der Waals surface area contributed by atoms with Gasteiger partial charge in [-0.1, -0.05) is 31.5 Å². The average molecular weight is 563 g/mol. The van der Waals surface area contributed by atoms with Crippen molar-refractivity contribution in [3.63, 3.8) is 0 Å². The fourth-order valence-corrected chi connectivity index (χ4v) is 4.64. The third kappa shape index (κ3) is 7.65. The highest BCUT2D eigenvalue weighted by molar-refractivity contribution is 14.0. The molecule has 1 unspecified atom stereocenters. The van der Waals surface area contributed by atoms with Gasteiger partial charge in [0.05, 0.1) is 0 Å². The highest BCUT2D eigenvalue weighted by atomic mass is 127. The van der Waals surface area contributed by atoms with Crippen molar-refractivity contribution in [2.24, 2.45) is 10.9 Å². The van der Waals surface area contributed by atoms with Gasteiger partial charge in [-0.15, -0.1) is 24.0 Å². The highest BCUT2D eigenvalue weighted by Crippen LogP contribution is 2.25. The van der Waals surface area contributed by atoms with E-state index in [1.807, 2.05) is 13.1 Å². The molecule has 2 aliphatic heterocycles. The monoisotopic (exact) mass is 562 g/mol. The largest absolute Gasteiger partial charge is 0.368 e. The smallest absolute Gasteiger partial charge is 0.193 e. The van der Waals surface area contributed by atoms with Crippen molar-refractivity contribution < 1.29 is 0 Å². The number of piperazine rings is 2. The summed E-state index contributed by atoms with van der Waals surface area (Å²) in [7, 11) is 1.89. The van der Waals surface area contributed by atoms with Crippen LogP contribution < -0.4 is 10.2 Å². The Balaban J connectivity index is 0.00000341. The number of nitrogens with zero attached hydrogens (tertiary/aromatic N) is 5. The van der Waals surface area contributed by atoms with E-state index >= 15 is 0 Å². The van der Waals surface area contributed by atoms with E-state index in [9.17, 15) is 0 Å². The van der Waals surface area contributed by atoms with Gasteiger partial charge in [0.2, 0.25) is 0 Å². The lowest BCUT2D eigenvalue weighted by molar-refractivity contribution is 0.124. The van der Waals surface area contributed by atoms with Crippen molar-refractivity contribution in [3.8, 4) is 0 Å². The molecule has 1 aromatic carbocycles. The second-order valence-electron chi connectivity index (χ2n) is 8.67. The van der Waals surface area contributed by atoms with Crippen LogP contribution in [0.15, 0.2) is 23.2 Å². The molecule has 1 atom stereocenters. The quantitative estimate of drug-likeness (QED) is 0.327. The number of aliphatic imine (C=N–C) groups is 1. The van der Waals surface area contributed by atoms with Gasteiger partial charge < -0.3 is 24.9 Å². The van der Waals surface area contributed by atoms with Crippen LogP contribution in [0.5, 0.6) is 0 Å². The summed E-state index contributed by atoms with van der Waals surface area (Å²) in [5.41, 5.74) is 2.53. The number of anilines is 1. The third-order valence-corrected chi connectivity index (χ3v) is 6.63. The SMILES string of the molecule is CCN1CCN(CC(C)CNC(=NC)N2CCN(c3cc(Cl)ccc3C)CC2)CC1.I. The molecule has 1 aromatic rings. The van der Waals surface area contributed by atoms with Crippen LogP contribution in [0.3, 0.4) is 0 Å². The Morgan fingerprint density at radius 1 is 1.06 bits per heavy atom. The number of guanidine groups is 1. The van der Waals surface area contributed by atoms with E-state index in [2.05, 4.69) is 62.8 Å². The fraction of sp³-hybridized carbons (Fsp3) is 0.696. The lowest BCUT2D eigenvalue weighted by atomic mass is 10.1. The summed E-state index contributed by atoms with van der Waals surface area (Å²) in [5.74, 6) is 1.63. The van der Waals surface area contributed by atoms with Crippen molar-refractivity contribution in [3.05, 3.63) is 28.8 Å². The van der Waals surface area contributed by atoms with Crippen LogP contribution in [0, 0.1) is 12.8 Å². The Morgan fingerprint density at radius 2 is 1.71 bits per heavy atom. The first-order valence-electron chi connectivity index (χ1n) is 11.4. The molecule has 0 radical (unpaired) electrons. The topological polar surface area (TPSA) is 37.4 Å². The molecule has 2 saturated heterocycles. The molecule has 3 rings (SSSR count). The second-order valence-corrected chi connectivity index (χ2v) is 9.11. The van der Waals surface area contributed by atoms with E-state index in [1.54, 1.807) is 0 Å². The van der Waals surface area contributed by atoms with Crippen LogP contribution in [-0.2, 0) is 0 Å². The first-order valence-corrected chi connectivity index (χ1v) is 11.8. The fourth-order valence-electron chi connectivity index (χ4n) is 4.47. The minimum absolute atomic E-state index is 0. The maximum absolute atomic E-state index is 6.22. The first-order chi connectivity index (χ1) is 14.5. The van der Waals surface area contributed by atoms with Crippen molar-refractivity contribution in [2.45, 2.75) is 20.8 Å². The predicted molar refractivity (Wildman–Crippen MR) is 144 cm³/mol. The van der Waals surface area contributed by atoms with Crippen molar-refractivity contribution in [1.29, 1.82) is 0 Å². The molecule has 8 heteroatoms. The van der Waals surface area contributed by atoms with Gasteiger partial charge >= 0.3 is 0 Å². The number of halogens is 2. The molecule has 0 spiro atoms.